The van der Waals surface area contributed by atoms with E-state index in [2.05, 4.69) is 26.2 Å². The molecule has 3 heteroatoms. The zero-order chi connectivity index (χ0) is 12.3. The summed E-state index contributed by atoms with van der Waals surface area (Å²) in [6.45, 7) is 10.3. The highest BCUT2D eigenvalue weighted by Crippen LogP contribution is 2.19. The third-order valence-corrected chi connectivity index (χ3v) is 4.57. The monoisotopic (exact) mass is 234 g/mol. The maximum absolute atomic E-state index is 12.1. The largest absolute Gasteiger partial charge is 0.497 e. The number of ketones is 1. The van der Waals surface area contributed by atoms with Gasteiger partial charge in [-0.25, -0.2) is 0 Å². The number of ether oxygens (including phenoxy) is 1. The number of carbonyl (C=O) groups is 1. The molecule has 0 aliphatic rings. The molecule has 0 saturated heterocycles. The Kier molecular flexibility index (Phi) is 3.70. The van der Waals surface area contributed by atoms with Gasteiger partial charge in [-0.2, -0.15) is 0 Å². The van der Waals surface area contributed by atoms with E-state index in [0.717, 1.165) is 10.9 Å². The van der Waals surface area contributed by atoms with Crippen molar-refractivity contribution in [3.63, 3.8) is 0 Å². The predicted molar refractivity (Wildman–Crippen MR) is 69.8 cm³/mol. The molecular formula is C13H18O2Si. The molecule has 1 aromatic carbocycles. The van der Waals surface area contributed by atoms with Crippen molar-refractivity contribution in [1.82, 2.24) is 0 Å². The lowest BCUT2D eigenvalue weighted by Gasteiger charge is -2.18. The van der Waals surface area contributed by atoms with E-state index >= 15 is 0 Å². The van der Waals surface area contributed by atoms with E-state index < -0.39 is 8.07 Å². The van der Waals surface area contributed by atoms with Gasteiger partial charge >= 0.3 is 0 Å². The maximum atomic E-state index is 12.1. The van der Waals surface area contributed by atoms with Gasteiger partial charge in [-0.15, -0.1) is 0 Å². The summed E-state index contributed by atoms with van der Waals surface area (Å²) in [5.41, 5.74) is 0.688. The van der Waals surface area contributed by atoms with Crippen LogP contribution in [0.25, 0.3) is 0 Å². The highest BCUT2D eigenvalue weighted by molar-refractivity contribution is 6.87. The SMILES string of the molecule is C=C(C(=O)c1ccc(OC)cc1)[Si](C)(C)C. The van der Waals surface area contributed by atoms with Gasteiger partial charge in [0.1, 0.15) is 5.75 Å². The third-order valence-electron chi connectivity index (χ3n) is 2.53. The lowest BCUT2D eigenvalue weighted by atomic mass is 10.1. The fourth-order valence-electron chi connectivity index (χ4n) is 1.26. The summed E-state index contributed by atoms with van der Waals surface area (Å²) in [5.74, 6) is 0.817. The summed E-state index contributed by atoms with van der Waals surface area (Å²) in [6, 6.07) is 7.16. The maximum Gasteiger partial charge on any atom is 0.184 e. The summed E-state index contributed by atoms with van der Waals surface area (Å²) in [7, 11) is 0.00535. The molecule has 0 radical (unpaired) electrons. The van der Waals surface area contributed by atoms with Gasteiger partial charge in [0.05, 0.1) is 15.2 Å². The number of benzene rings is 1. The first-order valence-corrected chi connectivity index (χ1v) is 8.74. The zero-order valence-electron chi connectivity index (χ0n) is 10.3. The Morgan fingerprint density at radius 3 is 2.06 bits per heavy atom. The van der Waals surface area contributed by atoms with Crippen LogP contribution in [0.2, 0.25) is 19.6 Å². The number of allylic oxidation sites excluding steroid dienone is 1. The Morgan fingerprint density at radius 1 is 1.19 bits per heavy atom. The van der Waals surface area contributed by atoms with Crippen LogP contribution in [-0.2, 0) is 0 Å². The Hall–Kier alpha value is -1.35. The Morgan fingerprint density at radius 2 is 1.69 bits per heavy atom. The van der Waals surface area contributed by atoms with Crippen LogP contribution >= 0.6 is 0 Å². The number of Topliss-reactive ketones (excluding diaryl/α,β-unsaturated/α-hetero) is 1. The summed E-state index contributed by atoms with van der Waals surface area (Å²) >= 11 is 0. The van der Waals surface area contributed by atoms with Crippen LogP contribution in [0.1, 0.15) is 10.4 Å². The van der Waals surface area contributed by atoms with Crippen LogP contribution in [0.3, 0.4) is 0 Å². The molecule has 0 spiro atoms. The molecule has 2 nitrogen and oxygen atoms in total. The quantitative estimate of drug-likeness (QED) is 0.454. The topological polar surface area (TPSA) is 26.3 Å². The van der Waals surface area contributed by atoms with E-state index in [9.17, 15) is 4.79 Å². The van der Waals surface area contributed by atoms with E-state index in [4.69, 9.17) is 4.74 Å². The van der Waals surface area contributed by atoms with Gasteiger partial charge in [0.15, 0.2) is 5.78 Å². The molecule has 0 amide bonds. The minimum Gasteiger partial charge on any atom is -0.497 e. The van der Waals surface area contributed by atoms with Crippen LogP contribution in [0, 0.1) is 0 Å². The first-order valence-electron chi connectivity index (χ1n) is 5.24. The highest BCUT2D eigenvalue weighted by Gasteiger charge is 2.24. The Labute approximate surface area is 98.0 Å². The standard InChI is InChI=1S/C13H18O2Si/c1-10(16(3,4)5)13(14)11-6-8-12(15-2)9-7-11/h6-9H,1H2,2-5H3. The molecule has 1 rings (SSSR count). The minimum absolute atomic E-state index is 0.0572. The zero-order valence-corrected chi connectivity index (χ0v) is 11.3. The molecule has 1 aromatic rings. The number of hydrogen-bond donors (Lipinski definition) is 0. The van der Waals surface area contributed by atoms with Crippen LogP contribution in [0.4, 0.5) is 0 Å². The van der Waals surface area contributed by atoms with E-state index in [-0.39, 0.29) is 5.78 Å². The lowest BCUT2D eigenvalue weighted by Crippen LogP contribution is -2.28. The fourth-order valence-corrected chi connectivity index (χ4v) is 2.08. The van der Waals surface area contributed by atoms with Gasteiger partial charge < -0.3 is 4.74 Å². The number of carbonyl (C=O) groups excluding carboxylic acids is 1. The molecular weight excluding hydrogens is 216 g/mol. The first-order chi connectivity index (χ1) is 7.36. The van der Waals surface area contributed by atoms with Gasteiger partial charge in [-0.1, -0.05) is 26.2 Å². The van der Waals surface area contributed by atoms with Crippen LogP contribution in [0.5, 0.6) is 5.75 Å². The van der Waals surface area contributed by atoms with E-state index in [1.54, 1.807) is 31.4 Å². The van der Waals surface area contributed by atoms with Crippen molar-refractivity contribution >= 4 is 13.9 Å². The van der Waals surface area contributed by atoms with Crippen LogP contribution in [-0.4, -0.2) is 21.0 Å². The normalized spacial score (nSPS) is 11.0. The molecule has 86 valence electrons. The second-order valence-corrected chi connectivity index (χ2v) is 9.89. The summed E-state index contributed by atoms with van der Waals surface area (Å²) in [6.07, 6.45) is 0. The Bertz CT molecular complexity index is 399. The smallest absolute Gasteiger partial charge is 0.184 e. The second kappa shape index (κ2) is 4.66. The van der Waals surface area contributed by atoms with Crippen molar-refractivity contribution in [1.29, 1.82) is 0 Å². The molecule has 0 N–H and O–H groups in total. The van der Waals surface area contributed by atoms with Crippen LogP contribution < -0.4 is 4.74 Å². The molecule has 0 aliphatic carbocycles. The Balaban J connectivity index is 2.93. The summed E-state index contributed by atoms with van der Waals surface area (Å²) in [5, 5.41) is 0.762. The number of hydrogen-bond acceptors (Lipinski definition) is 2. The van der Waals surface area contributed by atoms with Crippen molar-refractivity contribution in [2.75, 3.05) is 7.11 Å². The van der Waals surface area contributed by atoms with E-state index in [1.807, 2.05) is 0 Å². The average Bonchev–Trinajstić information content (AvgIpc) is 2.26. The van der Waals surface area contributed by atoms with Crippen molar-refractivity contribution in [2.24, 2.45) is 0 Å². The third kappa shape index (κ3) is 2.82. The van der Waals surface area contributed by atoms with Crippen molar-refractivity contribution < 1.29 is 9.53 Å². The highest BCUT2D eigenvalue weighted by atomic mass is 28.3. The van der Waals surface area contributed by atoms with Gasteiger partial charge in [-0.05, 0) is 29.5 Å². The van der Waals surface area contributed by atoms with E-state index in [1.165, 1.54) is 0 Å². The molecule has 0 saturated carbocycles. The van der Waals surface area contributed by atoms with Gasteiger partial charge in [0.25, 0.3) is 0 Å². The molecule has 16 heavy (non-hydrogen) atoms. The van der Waals surface area contributed by atoms with Gasteiger partial charge in [-0.3, -0.25) is 4.79 Å². The molecule has 0 heterocycles. The molecule has 0 aromatic heterocycles. The average molecular weight is 234 g/mol. The minimum atomic E-state index is -1.60. The molecule has 0 unspecified atom stereocenters. The molecule has 0 aliphatic heterocycles. The molecule has 0 fully saturated rings. The van der Waals surface area contributed by atoms with Crippen molar-refractivity contribution in [3.8, 4) is 5.75 Å². The van der Waals surface area contributed by atoms with Gasteiger partial charge in [0.2, 0.25) is 0 Å². The molecule has 0 atom stereocenters. The first kappa shape index (κ1) is 12.7. The van der Waals surface area contributed by atoms with Crippen LogP contribution in [0.15, 0.2) is 36.0 Å². The summed E-state index contributed by atoms with van der Waals surface area (Å²) in [4.78, 5) is 12.1. The van der Waals surface area contributed by atoms with E-state index in [0.29, 0.717) is 5.56 Å². The predicted octanol–water partition coefficient (Wildman–Crippen LogP) is 3.31. The summed E-state index contributed by atoms with van der Waals surface area (Å²) < 4.78 is 5.05. The fraction of sp³-hybridized carbons (Fsp3) is 0.308. The van der Waals surface area contributed by atoms with Crippen molar-refractivity contribution in [3.05, 3.63) is 41.6 Å². The number of methoxy groups -OCH3 is 1. The second-order valence-electron chi connectivity index (χ2n) is 4.79. The lowest BCUT2D eigenvalue weighted by molar-refractivity contribution is 0.104. The number of rotatable bonds is 4. The molecule has 0 bridgehead atoms. The van der Waals surface area contributed by atoms with Crippen molar-refractivity contribution in [2.45, 2.75) is 19.6 Å². The van der Waals surface area contributed by atoms with Gasteiger partial charge in [0, 0.05) is 5.56 Å².